The number of nitrogens with zero attached hydrogens (tertiary/aromatic N) is 3. The molecule has 2 rings (SSSR count). The van der Waals surface area contributed by atoms with Crippen molar-refractivity contribution in [1.29, 1.82) is 0 Å². The van der Waals surface area contributed by atoms with Gasteiger partial charge in [0.2, 0.25) is 0 Å². The lowest BCUT2D eigenvalue weighted by Gasteiger charge is -1.94. The maximum atomic E-state index is 4.25. The summed E-state index contributed by atoms with van der Waals surface area (Å²) in [5.41, 5.74) is 2.74. The first-order chi connectivity index (χ1) is 5.36. The van der Waals surface area contributed by atoms with Crippen LogP contribution in [0.25, 0.3) is 11.0 Å². The summed E-state index contributed by atoms with van der Waals surface area (Å²) in [6, 6.07) is 3.88. The molecule has 11 heavy (non-hydrogen) atoms. The molecule has 3 heteroatoms. The standard InChI is InChI=1S/C8H7N3/c1-6-2-3-7-8(11-6)4-9-5-10-7/h2-5H,1H3. The summed E-state index contributed by atoms with van der Waals surface area (Å²) in [6.07, 6.45) is 3.24. The van der Waals surface area contributed by atoms with Crippen molar-refractivity contribution in [1.82, 2.24) is 15.0 Å². The van der Waals surface area contributed by atoms with Crippen LogP contribution in [0.5, 0.6) is 0 Å². The zero-order valence-corrected chi connectivity index (χ0v) is 6.15. The summed E-state index contributed by atoms with van der Waals surface area (Å²) in [5, 5.41) is 0. The lowest BCUT2D eigenvalue weighted by atomic mass is 10.3. The summed E-state index contributed by atoms with van der Waals surface area (Å²) in [6.45, 7) is 1.95. The van der Waals surface area contributed by atoms with Crippen LogP contribution in [0.4, 0.5) is 0 Å². The summed E-state index contributed by atoms with van der Waals surface area (Å²) in [7, 11) is 0. The number of hydrogen-bond acceptors (Lipinski definition) is 3. The fraction of sp³-hybridized carbons (Fsp3) is 0.125. The van der Waals surface area contributed by atoms with Gasteiger partial charge in [0.15, 0.2) is 0 Å². The highest BCUT2D eigenvalue weighted by atomic mass is 14.9. The van der Waals surface area contributed by atoms with Crippen molar-refractivity contribution in [2.45, 2.75) is 6.92 Å². The first kappa shape index (κ1) is 6.22. The molecule has 0 aliphatic rings. The van der Waals surface area contributed by atoms with E-state index in [0.717, 1.165) is 16.7 Å². The average molecular weight is 145 g/mol. The van der Waals surface area contributed by atoms with E-state index in [1.165, 1.54) is 6.33 Å². The molecule has 0 aromatic carbocycles. The van der Waals surface area contributed by atoms with Crippen LogP contribution in [-0.2, 0) is 0 Å². The van der Waals surface area contributed by atoms with Crippen molar-refractivity contribution in [3.8, 4) is 0 Å². The molecule has 0 saturated carbocycles. The van der Waals surface area contributed by atoms with E-state index in [9.17, 15) is 0 Å². The Balaban J connectivity index is 2.83. The van der Waals surface area contributed by atoms with Crippen LogP contribution in [0.15, 0.2) is 24.7 Å². The van der Waals surface area contributed by atoms with E-state index in [1.54, 1.807) is 6.20 Å². The van der Waals surface area contributed by atoms with Gasteiger partial charge in [-0.1, -0.05) is 0 Å². The molecule has 2 aromatic rings. The first-order valence-corrected chi connectivity index (χ1v) is 3.39. The Morgan fingerprint density at radius 3 is 3.00 bits per heavy atom. The molecule has 0 unspecified atom stereocenters. The number of fused-ring (bicyclic) bond motifs is 1. The van der Waals surface area contributed by atoms with Gasteiger partial charge in [0, 0.05) is 5.69 Å². The minimum atomic E-state index is 0.854. The van der Waals surface area contributed by atoms with Crippen molar-refractivity contribution in [3.63, 3.8) is 0 Å². The van der Waals surface area contributed by atoms with Crippen LogP contribution in [0.2, 0.25) is 0 Å². The lowest BCUT2D eigenvalue weighted by Crippen LogP contribution is -1.85. The van der Waals surface area contributed by atoms with Crippen LogP contribution in [0.1, 0.15) is 5.69 Å². The molecule has 2 aromatic heterocycles. The van der Waals surface area contributed by atoms with Gasteiger partial charge in [-0.25, -0.2) is 15.0 Å². The Morgan fingerprint density at radius 1 is 1.18 bits per heavy atom. The van der Waals surface area contributed by atoms with Gasteiger partial charge in [0.25, 0.3) is 0 Å². The topological polar surface area (TPSA) is 38.7 Å². The van der Waals surface area contributed by atoms with Gasteiger partial charge in [-0.05, 0) is 19.1 Å². The normalized spacial score (nSPS) is 10.3. The van der Waals surface area contributed by atoms with E-state index in [4.69, 9.17) is 0 Å². The number of aromatic nitrogens is 3. The second-order valence-electron chi connectivity index (χ2n) is 2.38. The second kappa shape index (κ2) is 2.27. The van der Waals surface area contributed by atoms with Crippen LogP contribution >= 0.6 is 0 Å². The zero-order chi connectivity index (χ0) is 7.68. The molecule has 0 aliphatic carbocycles. The lowest BCUT2D eigenvalue weighted by molar-refractivity contribution is 1.17. The minimum absolute atomic E-state index is 0.854. The Kier molecular flexibility index (Phi) is 1.28. The third kappa shape index (κ3) is 1.05. The van der Waals surface area contributed by atoms with E-state index in [-0.39, 0.29) is 0 Å². The van der Waals surface area contributed by atoms with Crippen LogP contribution < -0.4 is 0 Å². The van der Waals surface area contributed by atoms with Crippen LogP contribution in [0, 0.1) is 6.92 Å². The van der Waals surface area contributed by atoms with Gasteiger partial charge in [0.05, 0.1) is 11.7 Å². The van der Waals surface area contributed by atoms with Crippen molar-refractivity contribution in [3.05, 3.63) is 30.4 Å². The smallest absolute Gasteiger partial charge is 0.116 e. The maximum Gasteiger partial charge on any atom is 0.116 e. The predicted molar refractivity (Wildman–Crippen MR) is 42.1 cm³/mol. The number of pyridine rings is 1. The van der Waals surface area contributed by atoms with Gasteiger partial charge in [-0.3, -0.25) is 0 Å². The van der Waals surface area contributed by atoms with E-state index < -0.39 is 0 Å². The van der Waals surface area contributed by atoms with Gasteiger partial charge in [-0.15, -0.1) is 0 Å². The summed E-state index contributed by atoms with van der Waals surface area (Å²) in [5.74, 6) is 0. The molecule has 0 amide bonds. The maximum absolute atomic E-state index is 4.25. The average Bonchev–Trinajstić information content (AvgIpc) is 2.04. The largest absolute Gasteiger partial charge is 0.250 e. The van der Waals surface area contributed by atoms with Gasteiger partial charge < -0.3 is 0 Å². The highest BCUT2D eigenvalue weighted by Gasteiger charge is 1.93. The molecule has 54 valence electrons. The molecule has 0 fully saturated rings. The molecule has 2 heterocycles. The summed E-state index contributed by atoms with van der Waals surface area (Å²) in [4.78, 5) is 12.2. The van der Waals surface area contributed by atoms with E-state index in [2.05, 4.69) is 15.0 Å². The number of hydrogen-bond donors (Lipinski definition) is 0. The molecular formula is C8H7N3. The Bertz CT molecular complexity index is 384. The van der Waals surface area contributed by atoms with Gasteiger partial charge in [-0.2, -0.15) is 0 Å². The number of rotatable bonds is 0. The van der Waals surface area contributed by atoms with E-state index in [1.807, 2.05) is 19.1 Å². The molecule has 0 spiro atoms. The van der Waals surface area contributed by atoms with E-state index in [0.29, 0.717) is 0 Å². The van der Waals surface area contributed by atoms with Crippen molar-refractivity contribution < 1.29 is 0 Å². The third-order valence-corrected chi connectivity index (χ3v) is 1.50. The van der Waals surface area contributed by atoms with Crippen molar-refractivity contribution >= 4 is 11.0 Å². The second-order valence-corrected chi connectivity index (χ2v) is 2.38. The molecule has 3 nitrogen and oxygen atoms in total. The highest BCUT2D eigenvalue weighted by molar-refractivity contribution is 5.72. The molecule has 0 N–H and O–H groups in total. The fourth-order valence-corrected chi connectivity index (χ4v) is 0.973. The molecule has 0 aliphatic heterocycles. The minimum Gasteiger partial charge on any atom is -0.250 e. The Labute approximate surface area is 64.1 Å². The predicted octanol–water partition coefficient (Wildman–Crippen LogP) is 1.33. The first-order valence-electron chi connectivity index (χ1n) is 3.39. The van der Waals surface area contributed by atoms with Crippen LogP contribution in [-0.4, -0.2) is 15.0 Å². The number of aryl methyl sites for hydroxylation is 1. The molecular weight excluding hydrogens is 138 g/mol. The molecule has 0 saturated heterocycles. The molecule has 0 atom stereocenters. The SMILES string of the molecule is Cc1ccc2ncncc2n1. The third-order valence-electron chi connectivity index (χ3n) is 1.50. The fourth-order valence-electron chi connectivity index (χ4n) is 0.973. The molecule has 0 bridgehead atoms. The Hall–Kier alpha value is -1.51. The van der Waals surface area contributed by atoms with Crippen molar-refractivity contribution in [2.75, 3.05) is 0 Å². The van der Waals surface area contributed by atoms with Crippen molar-refractivity contribution in [2.24, 2.45) is 0 Å². The zero-order valence-electron chi connectivity index (χ0n) is 6.15. The van der Waals surface area contributed by atoms with Gasteiger partial charge in [0.1, 0.15) is 11.8 Å². The monoisotopic (exact) mass is 145 g/mol. The summed E-state index contributed by atoms with van der Waals surface area (Å²) < 4.78 is 0. The highest BCUT2D eigenvalue weighted by Crippen LogP contribution is 2.05. The summed E-state index contributed by atoms with van der Waals surface area (Å²) >= 11 is 0. The van der Waals surface area contributed by atoms with Gasteiger partial charge >= 0.3 is 0 Å². The van der Waals surface area contributed by atoms with E-state index >= 15 is 0 Å². The quantitative estimate of drug-likeness (QED) is 0.561. The Morgan fingerprint density at radius 2 is 2.09 bits per heavy atom. The molecule has 0 radical (unpaired) electrons. The van der Waals surface area contributed by atoms with Crippen LogP contribution in [0.3, 0.4) is 0 Å².